The lowest BCUT2D eigenvalue weighted by molar-refractivity contribution is -0.385. The third-order valence-corrected chi connectivity index (χ3v) is 6.77. The van der Waals surface area contributed by atoms with Crippen LogP contribution < -0.4 is 5.43 Å². The van der Waals surface area contributed by atoms with Gasteiger partial charge in [0, 0.05) is 22.6 Å². The van der Waals surface area contributed by atoms with Crippen LogP contribution in [0.1, 0.15) is 48.4 Å². The van der Waals surface area contributed by atoms with Crippen LogP contribution in [0.15, 0.2) is 109 Å². The molecule has 6 rings (SSSR count). The first-order chi connectivity index (χ1) is 19.0. The van der Waals surface area contributed by atoms with Gasteiger partial charge < -0.3 is 0 Å². The summed E-state index contributed by atoms with van der Waals surface area (Å²) >= 11 is 0. The van der Waals surface area contributed by atoms with Crippen molar-refractivity contribution in [2.24, 2.45) is 0 Å². The first kappa shape index (κ1) is 23.8. The summed E-state index contributed by atoms with van der Waals surface area (Å²) in [5, 5.41) is 13.7. The average Bonchev–Trinajstić information content (AvgIpc) is 3.33. The molecule has 1 N–H and O–H groups in total. The Balaban J connectivity index is 1.70. The van der Waals surface area contributed by atoms with Crippen molar-refractivity contribution >= 4 is 34.3 Å². The van der Waals surface area contributed by atoms with Gasteiger partial charge in [0.2, 0.25) is 0 Å². The molecule has 0 saturated carbocycles. The summed E-state index contributed by atoms with van der Waals surface area (Å²) in [6.07, 6.45) is 0. The van der Waals surface area contributed by atoms with Crippen LogP contribution in [0.3, 0.4) is 0 Å². The lowest BCUT2D eigenvalue weighted by atomic mass is 9.94. The van der Waals surface area contributed by atoms with E-state index in [1.807, 2.05) is 0 Å². The maximum Gasteiger partial charge on any atom is 0.275 e. The summed E-state index contributed by atoms with van der Waals surface area (Å²) in [6, 6.07) is 28.6. The van der Waals surface area contributed by atoms with E-state index in [1.54, 1.807) is 91.0 Å². The minimum atomic E-state index is -1.19. The number of carbonyl (C=O) groups is 3. The van der Waals surface area contributed by atoms with Gasteiger partial charge in [0.1, 0.15) is 6.04 Å². The number of carbonyl (C=O) groups excluding carboxylic acids is 3. The van der Waals surface area contributed by atoms with Crippen LogP contribution in [0, 0.1) is 10.1 Å². The van der Waals surface area contributed by atoms with Gasteiger partial charge in [-0.3, -0.25) is 34.5 Å². The van der Waals surface area contributed by atoms with Crippen LogP contribution in [0.25, 0.3) is 10.9 Å². The maximum atomic E-state index is 14.0. The van der Waals surface area contributed by atoms with Crippen molar-refractivity contribution in [2.75, 3.05) is 0 Å². The number of hydrazine groups is 1. The van der Waals surface area contributed by atoms with Crippen molar-refractivity contribution in [3.63, 3.8) is 0 Å². The molecule has 2 amide bonds. The quantitative estimate of drug-likeness (QED) is 0.263. The molecule has 0 bridgehead atoms. The number of hydrogen-bond acceptors (Lipinski definition) is 5. The predicted molar refractivity (Wildman–Crippen MR) is 143 cm³/mol. The molecular formula is C30H20N4O5. The molecule has 0 saturated heterocycles. The number of nitro benzene ring substituents is 1. The van der Waals surface area contributed by atoms with Crippen molar-refractivity contribution in [1.82, 2.24) is 15.0 Å². The van der Waals surface area contributed by atoms with Crippen molar-refractivity contribution in [3.05, 3.63) is 147 Å². The zero-order chi connectivity index (χ0) is 27.1. The number of hydrogen-bond donors (Lipinski definition) is 1. The lowest BCUT2D eigenvalue weighted by Gasteiger charge is -2.36. The van der Waals surface area contributed by atoms with Gasteiger partial charge in [-0.25, -0.2) is 5.01 Å². The lowest BCUT2D eigenvalue weighted by Crippen LogP contribution is -2.53. The van der Waals surface area contributed by atoms with E-state index < -0.39 is 28.7 Å². The Morgan fingerprint density at radius 2 is 1.31 bits per heavy atom. The second-order valence-corrected chi connectivity index (χ2v) is 8.98. The van der Waals surface area contributed by atoms with Crippen LogP contribution in [0.5, 0.6) is 0 Å². The molecule has 9 nitrogen and oxygen atoms in total. The number of fused-ring (bicyclic) bond motifs is 3. The van der Waals surface area contributed by atoms with Gasteiger partial charge in [-0.15, -0.1) is 0 Å². The number of para-hydroxylation sites is 2. The van der Waals surface area contributed by atoms with Crippen molar-refractivity contribution < 1.29 is 19.3 Å². The second-order valence-electron chi connectivity index (χ2n) is 8.98. The highest BCUT2D eigenvalue weighted by molar-refractivity contribution is 6.15. The van der Waals surface area contributed by atoms with Crippen LogP contribution in [-0.4, -0.2) is 32.2 Å². The molecule has 0 aliphatic carbocycles. The molecule has 1 aromatic heterocycles. The molecule has 2 heterocycles. The van der Waals surface area contributed by atoms with E-state index in [9.17, 15) is 24.5 Å². The van der Waals surface area contributed by atoms with E-state index in [-0.39, 0.29) is 28.1 Å². The van der Waals surface area contributed by atoms with Gasteiger partial charge in [-0.05, 0) is 36.4 Å². The van der Waals surface area contributed by atoms with Gasteiger partial charge in [0.15, 0.2) is 0 Å². The fourth-order valence-corrected chi connectivity index (χ4v) is 5.10. The Morgan fingerprint density at radius 1 is 0.744 bits per heavy atom. The second kappa shape index (κ2) is 9.38. The summed E-state index contributed by atoms with van der Waals surface area (Å²) in [5.41, 5.74) is 3.99. The fourth-order valence-electron chi connectivity index (χ4n) is 5.10. The molecule has 190 valence electrons. The summed E-state index contributed by atoms with van der Waals surface area (Å²) in [5.74, 6) is -1.61. The fraction of sp³-hybridized carbons (Fsp3) is 0.0333. The molecule has 0 spiro atoms. The highest BCUT2D eigenvalue weighted by atomic mass is 16.6. The number of aromatic nitrogens is 1. The average molecular weight is 517 g/mol. The molecule has 4 aromatic carbocycles. The summed E-state index contributed by atoms with van der Waals surface area (Å²) in [4.78, 5) is 53.1. The Labute approximate surface area is 222 Å². The van der Waals surface area contributed by atoms with E-state index in [2.05, 4.69) is 5.43 Å². The zero-order valence-electron chi connectivity index (χ0n) is 20.4. The summed E-state index contributed by atoms with van der Waals surface area (Å²) < 4.78 is 1.39. The molecule has 1 unspecified atom stereocenters. The minimum absolute atomic E-state index is 0.151. The molecule has 0 fully saturated rings. The molecule has 1 atom stereocenters. The smallest absolute Gasteiger partial charge is 0.275 e. The molecule has 5 aromatic rings. The Hall–Kier alpha value is -5.57. The van der Waals surface area contributed by atoms with Gasteiger partial charge in [0.25, 0.3) is 23.4 Å². The molecule has 39 heavy (non-hydrogen) atoms. The first-order valence-electron chi connectivity index (χ1n) is 12.1. The monoisotopic (exact) mass is 516 g/mol. The van der Waals surface area contributed by atoms with E-state index in [1.165, 1.54) is 22.8 Å². The molecular weight excluding hydrogens is 496 g/mol. The third kappa shape index (κ3) is 3.84. The van der Waals surface area contributed by atoms with Crippen molar-refractivity contribution in [3.8, 4) is 0 Å². The highest BCUT2D eigenvalue weighted by Crippen LogP contribution is 2.42. The van der Waals surface area contributed by atoms with E-state index in [0.29, 0.717) is 16.5 Å². The number of rotatable bonds is 4. The normalized spacial score (nSPS) is 14.5. The number of nitro groups is 1. The molecule has 1 aliphatic heterocycles. The van der Waals surface area contributed by atoms with Crippen LogP contribution in [0.4, 0.5) is 5.69 Å². The first-order valence-corrected chi connectivity index (χ1v) is 12.1. The van der Waals surface area contributed by atoms with E-state index >= 15 is 0 Å². The minimum Gasteiger partial charge on any atom is -0.277 e. The van der Waals surface area contributed by atoms with Crippen LogP contribution >= 0.6 is 0 Å². The maximum absolute atomic E-state index is 14.0. The standard InChI is InChI=1S/C30H20N4O5/c35-28-25-21-15-7-9-17-23(21)32(29(36)19-11-3-1-4-12-19)27(25)26(22-16-8-10-18-24(22)34(38)39)33(31-28)30(37)20-13-5-2-6-14-20/h1-18,26H,(H,31,35). The Morgan fingerprint density at radius 3 is 1.97 bits per heavy atom. The van der Waals surface area contributed by atoms with Gasteiger partial charge in [-0.1, -0.05) is 66.7 Å². The van der Waals surface area contributed by atoms with Gasteiger partial charge in [0.05, 0.1) is 27.3 Å². The zero-order valence-corrected chi connectivity index (χ0v) is 20.4. The van der Waals surface area contributed by atoms with Crippen molar-refractivity contribution in [1.29, 1.82) is 0 Å². The number of nitrogens with one attached hydrogen (secondary N) is 1. The van der Waals surface area contributed by atoms with Gasteiger partial charge >= 0.3 is 0 Å². The molecule has 0 radical (unpaired) electrons. The molecule has 9 heteroatoms. The number of nitrogens with zero attached hydrogens (tertiary/aromatic N) is 3. The van der Waals surface area contributed by atoms with Crippen LogP contribution in [0.2, 0.25) is 0 Å². The van der Waals surface area contributed by atoms with Crippen molar-refractivity contribution in [2.45, 2.75) is 6.04 Å². The number of benzene rings is 4. The third-order valence-electron chi connectivity index (χ3n) is 6.77. The predicted octanol–water partition coefficient (Wildman–Crippen LogP) is 5.13. The topological polar surface area (TPSA) is 115 Å². The van der Waals surface area contributed by atoms with Gasteiger partial charge in [-0.2, -0.15) is 0 Å². The largest absolute Gasteiger partial charge is 0.277 e. The molecule has 1 aliphatic rings. The van der Waals surface area contributed by atoms with E-state index in [4.69, 9.17) is 0 Å². The summed E-state index contributed by atoms with van der Waals surface area (Å²) in [7, 11) is 0. The SMILES string of the molecule is O=C1NN(C(=O)c2ccccc2)C(c2ccccc2[N+](=O)[O-])c2c1c1ccccc1n2C(=O)c1ccccc1. The van der Waals surface area contributed by atoms with E-state index in [0.717, 1.165) is 5.01 Å². The Bertz CT molecular complexity index is 1780. The van der Waals surface area contributed by atoms with Crippen LogP contribution in [-0.2, 0) is 0 Å². The Kier molecular flexibility index (Phi) is 5.73. The number of amides is 2. The highest BCUT2D eigenvalue weighted by Gasteiger charge is 2.44. The summed E-state index contributed by atoms with van der Waals surface area (Å²) in [6.45, 7) is 0.